The number of halogens is 3. The summed E-state index contributed by atoms with van der Waals surface area (Å²) in [4.78, 5) is 6.82. The smallest absolute Gasteiger partial charge is 0.161 e. The number of nitrogens with one attached hydrogen (secondary N) is 1. The van der Waals surface area contributed by atoms with E-state index in [0.29, 0.717) is 11.3 Å². The van der Waals surface area contributed by atoms with E-state index in [1.807, 2.05) is 0 Å². The lowest BCUT2D eigenvalue weighted by Crippen LogP contribution is -1.89. The van der Waals surface area contributed by atoms with Crippen molar-refractivity contribution in [3.8, 4) is 17.1 Å². The summed E-state index contributed by atoms with van der Waals surface area (Å²) in [7, 11) is 1.43. The first-order valence-corrected chi connectivity index (χ1v) is 5.77. The number of methoxy groups -OCH3 is 1. The first-order valence-electron chi connectivity index (χ1n) is 5.77. The van der Waals surface area contributed by atoms with Crippen LogP contribution in [0.15, 0.2) is 30.3 Å². The molecule has 1 heterocycles. The Bertz CT molecular complexity index is 759. The topological polar surface area (TPSA) is 37.9 Å². The number of H-pyrrole nitrogens is 1. The van der Waals surface area contributed by atoms with Gasteiger partial charge in [0, 0.05) is 18.2 Å². The molecule has 0 saturated heterocycles. The van der Waals surface area contributed by atoms with Gasteiger partial charge in [0.1, 0.15) is 17.4 Å². The van der Waals surface area contributed by atoms with Crippen LogP contribution in [0.3, 0.4) is 0 Å². The molecule has 6 heteroatoms. The van der Waals surface area contributed by atoms with Crippen LogP contribution in [0.2, 0.25) is 0 Å². The first-order chi connectivity index (χ1) is 9.58. The fourth-order valence-corrected chi connectivity index (χ4v) is 1.95. The highest BCUT2D eigenvalue weighted by Gasteiger charge is 2.13. The molecule has 0 unspecified atom stereocenters. The van der Waals surface area contributed by atoms with Gasteiger partial charge in [-0.2, -0.15) is 0 Å². The Morgan fingerprint density at radius 2 is 1.75 bits per heavy atom. The quantitative estimate of drug-likeness (QED) is 0.777. The zero-order valence-electron chi connectivity index (χ0n) is 10.4. The van der Waals surface area contributed by atoms with Crippen LogP contribution in [0.1, 0.15) is 0 Å². The van der Waals surface area contributed by atoms with Gasteiger partial charge in [-0.25, -0.2) is 18.2 Å². The third kappa shape index (κ3) is 1.99. The van der Waals surface area contributed by atoms with Gasteiger partial charge in [-0.1, -0.05) is 0 Å². The van der Waals surface area contributed by atoms with Crippen LogP contribution >= 0.6 is 0 Å². The van der Waals surface area contributed by atoms with Crippen LogP contribution in [-0.4, -0.2) is 17.1 Å². The lowest BCUT2D eigenvalue weighted by molar-refractivity contribution is 0.411. The van der Waals surface area contributed by atoms with E-state index >= 15 is 0 Å². The maximum Gasteiger partial charge on any atom is 0.161 e. The van der Waals surface area contributed by atoms with Crippen LogP contribution in [0, 0.1) is 17.5 Å². The van der Waals surface area contributed by atoms with Gasteiger partial charge in [-0.05, 0) is 12.1 Å². The largest absolute Gasteiger partial charge is 0.497 e. The van der Waals surface area contributed by atoms with Gasteiger partial charge in [0.25, 0.3) is 0 Å². The number of hydrogen-bond donors (Lipinski definition) is 1. The molecule has 1 N–H and O–H groups in total. The number of imidazole rings is 1. The average molecular weight is 278 g/mol. The second-order valence-electron chi connectivity index (χ2n) is 4.21. The van der Waals surface area contributed by atoms with E-state index in [1.54, 1.807) is 6.07 Å². The van der Waals surface area contributed by atoms with Crippen LogP contribution < -0.4 is 4.74 Å². The van der Waals surface area contributed by atoms with Crippen molar-refractivity contribution in [2.75, 3.05) is 7.11 Å². The fraction of sp³-hybridized carbons (Fsp3) is 0.0714. The highest BCUT2D eigenvalue weighted by Crippen LogP contribution is 2.26. The summed E-state index contributed by atoms with van der Waals surface area (Å²) in [6.07, 6.45) is 0. The van der Waals surface area contributed by atoms with Crippen molar-refractivity contribution in [1.82, 2.24) is 9.97 Å². The maximum absolute atomic E-state index is 13.9. The normalized spacial score (nSPS) is 11.0. The van der Waals surface area contributed by atoms with E-state index in [-0.39, 0.29) is 16.9 Å². The molecule has 3 rings (SSSR count). The molecule has 0 saturated carbocycles. The molecule has 0 aliphatic rings. The molecule has 0 aliphatic heterocycles. The van der Waals surface area contributed by atoms with Crippen molar-refractivity contribution in [3.63, 3.8) is 0 Å². The number of rotatable bonds is 2. The van der Waals surface area contributed by atoms with Crippen molar-refractivity contribution in [3.05, 3.63) is 47.8 Å². The highest BCUT2D eigenvalue weighted by atomic mass is 19.2. The minimum absolute atomic E-state index is 0.197. The number of benzene rings is 2. The highest BCUT2D eigenvalue weighted by molar-refractivity contribution is 5.79. The van der Waals surface area contributed by atoms with E-state index in [2.05, 4.69) is 9.97 Å². The lowest BCUT2D eigenvalue weighted by atomic mass is 10.2. The first kappa shape index (κ1) is 12.5. The number of nitrogens with zero attached hydrogens (tertiary/aromatic N) is 1. The molecular formula is C14H9F3N2O. The average Bonchev–Trinajstić information content (AvgIpc) is 2.81. The molecule has 0 bridgehead atoms. The van der Waals surface area contributed by atoms with Crippen molar-refractivity contribution >= 4 is 11.0 Å². The summed E-state index contributed by atoms with van der Waals surface area (Å²) in [6, 6.07) is 6.23. The van der Waals surface area contributed by atoms with Crippen LogP contribution in [-0.2, 0) is 0 Å². The monoisotopic (exact) mass is 278 g/mol. The molecule has 3 aromatic rings. The molecule has 0 fully saturated rings. The number of ether oxygens (including phenoxy) is 1. The van der Waals surface area contributed by atoms with Gasteiger partial charge in [0.2, 0.25) is 0 Å². The van der Waals surface area contributed by atoms with Gasteiger partial charge in [-0.3, -0.25) is 0 Å². The Kier molecular flexibility index (Phi) is 2.85. The number of aromatic nitrogens is 2. The molecule has 0 atom stereocenters. The zero-order valence-corrected chi connectivity index (χ0v) is 10.4. The van der Waals surface area contributed by atoms with Gasteiger partial charge in [0.05, 0.1) is 23.7 Å². The number of hydrogen-bond acceptors (Lipinski definition) is 2. The summed E-state index contributed by atoms with van der Waals surface area (Å²) in [6.45, 7) is 0. The third-order valence-electron chi connectivity index (χ3n) is 2.96. The second kappa shape index (κ2) is 4.56. The summed E-state index contributed by atoms with van der Waals surface area (Å²) in [5.41, 5.74) is 0.728. The van der Waals surface area contributed by atoms with E-state index in [1.165, 1.54) is 19.2 Å². The van der Waals surface area contributed by atoms with Gasteiger partial charge >= 0.3 is 0 Å². The minimum atomic E-state index is -0.995. The van der Waals surface area contributed by atoms with E-state index in [4.69, 9.17) is 4.74 Å². The van der Waals surface area contributed by atoms with Crippen molar-refractivity contribution in [2.24, 2.45) is 0 Å². The molecule has 0 amide bonds. The molecule has 102 valence electrons. The molecule has 0 spiro atoms. The van der Waals surface area contributed by atoms with Crippen LogP contribution in [0.5, 0.6) is 5.75 Å². The van der Waals surface area contributed by atoms with Crippen molar-refractivity contribution in [1.29, 1.82) is 0 Å². The molecule has 0 radical (unpaired) electrons. The van der Waals surface area contributed by atoms with Crippen molar-refractivity contribution in [2.45, 2.75) is 0 Å². The second-order valence-corrected chi connectivity index (χ2v) is 4.21. The maximum atomic E-state index is 13.9. The molecule has 1 aromatic heterocycles. The molecule has 20 heavy (non-hydrogen) atoms. The van der Waals surface area contributed by atoms with Crippen LogP contribution in [0.25, 0.3) is 22.4 Å². The Morgan fingerprint density at radius 3 is 2.45 bits per heavy atom. The third-order valence-corrected chi connectivity index (χ3v) is 2.96. The summed E-state index contributed by atoms with van der Waals surface area (Å²) in [5.74, 6) is -1.94. The Morgan fingerprint density at radius 1 is 1.00 bits per heavy atom. The number of fused-ring (bicyclic) bond motifs is 1. The predicted molar refractivity (Wildman–Crippen MR) is 68.0 cm³/mol. The minimum Gasteiger partial charge on any atom is -0.497 e. The Labute approximate surface area is 112 Å². The Balaban J connectivity index is 2.15. The summed E-state index contributed by atoms with van der Waals surface area (Å²) >= 11 is 0. The molecular weight excluding hydrogens is 269 g/mol. The van der Waals surface area contributed by atoms with Gasteiger partial charge in [0.15, 0.2) is 11.6 Å². The van der Waals surface area contributed by atoms with Crippen molar-refractivity contribution < 1.29 is 17.9 Å². The lowest BCUT2D eigenvalue weighted by Gasteiger charge is -2.02. The predicted octanol–water partition coefficient (Wildman–Crippen LogP) is 3.66. The molecule has 3 nitrogen and oxygen atoms in total. The van der Waals surface area contributed by atoms with E-state index < -0.39 is 17.5 Å². The SMILES string of the molecule is COc1ccc(-c2nc3cc(F)c(F)cc3[nH]2)c(F)c1. The molecule has 0 aliphatic carbocycles. The zero-order chi connectivity index (χ0) is 14.3. The van der Waals surface area contributed by atoms with Gasteiger partial charge < -0.3 is 9.72 Å². The summed E-state index contributed by atoms with van der Waals surface area (Å²) < 4.78 is 45.1. The van der Waals surface area contributed by atoms with E-state index in [0.717, 1.165) is 12.1 Å². The standard InChI is InChI=1S/C14H9F3N2O/c1-20-7-2-3-8(9(15)4-7)14-18-12-5-10(16)11(17)6-13(12)19-14/h2-6H,1H3,(H,18,19). The van der Waals surface area contributed by atoms with E-state index in [9.17, 15) is 13.2 Å². The summed E-state index contributed by atoms with van der Waals surface area (Å²) in [5, 5.41) is 0. The fourth-order valence-electron chi connectivity index (χ4n) is 1.95. The Hall–Kier alpha value is -2.50. The van der Waals surface area contributed by atoms with Crippen LogP contribution in [0.4, 0.5) is 13.2 Å². The molecule has 2 aromatic carbocycles. The number of aromatic amines is 1. The van der Waals surface area contributed by atoms with Gasteiger partial charge in [-0.15, -0.1) is 0 Å².